The van der Waals surface area contributed by atoms with Crippen LogP contribution >= 0.6 is 0 Å². The van der Waals surface area contributed by atoms with E-state index >= 15 is 0 Å². The van der Waals surface area contributed by atoms with Gasteiger partial charge in [0.25, 0.3) is 11.8 Å². The number of piperazine rings is 1. The summed E-state index contributed by atoms with van der Waals surface area (Å²) in [6.07, 6.45) is 7.25. The number of hydrogen-bond donors (Lipinski definition) is 0. The van der Waals surface area contributed by atoms with Crippen LogP contribution in [-0.4, -0.2) is 77.7 Å². The summed E-state index contributed by atoms with van der Waals surface area (Å²) < 4.78 is 0. The van der Waals surface area contributed by atoms with Crippen molar-refractivity contribution in [2.24, 2.45) is 23.2 Å². The molecule has 1 aliphatic heterocycles. The summed E-state index contributed by atoms with van der Waals surface area (Å²) in [5, 5.41) is 0. The Hall–Kier alpha value is -2.44. The van der Waals surface area contributed by atoms with E-state index in [1.807, 2.05) is 9.80 Å². The Morgan fingerprint density at radius 2 is 1.44 bits per heavy atom. The normalized spacial score (nSPS) is 31.0. The molecule has 1 aromatic rings. The SMILES string of the molecule is Cc1nc(C(=O)N(C)C)ccc1C(=O)N1CCN(C(=O)C23CC4CC(CC(C4)C2)C3)CC1. The summed E-state index contributed by atoms with van der Waals surface area (Å²) in [7, 11) is 3.37. The molecule has 2 heterocycles. The third-order valence-electron chi connectivity index (χ3n) is 8.29. The predicted molar refractivity (Wildman–Crippen MR) is 120 cm³/mol. The van der Waals surface area contributed by atoms with Gasteiger partial charge >= 0.3 is 0 Å². The van der Waals surface area contributed by atoms with Crippen molar-refractivity contribution in [3.05, 3.63) is 29.1 Å². The highest BCUT2D eigenvalue weighted by molar-refractivity contribution is 5.97. The van der Waals surface area contributed by atoms with Crippen molar-refractivity contribution < 1.29 is 14.4 Å². The molecule has 1 saturated heterocycles. The summed E-state index contributed by atoms with van der Waals surface area (Å²) in [6, 6.07) is 3.32. The Morgan fingerprint density at radius 3 is 1.94 bits per heavy atom. The molecule has 4 aliphatic carbocycles. The van der Waals surface area contributed by atoms with E-state index in [2.05, 4.69) is 4.98 Å². The first-order chi connectivity index (χ1) is 15.3. The Balaban J connectivity index is 1.23. The lowest BCUT2D eigenvalue weighted by Gasteiger charge is -2.57. The third-order valence-corrected chi connectivity index (χ3v) is 8.29. The van der Waals surface area contributed by atoms with Gasteiger partial charge in [-0.1, -0.05) is 0 Å². The second-order valence-corrected chi connectivity index (χ2v) is 10.8. The van der Waals surface area contributed by atoms with E-state index in [9.17, 15) is 14.4 Å². The number of pyridine rings is 1. The molecule has 0 spiro atoms. The van der Waals surface area contributed by atoms with Crippen molar-refractivity contribution in [3.63, 3.8) is 0 Å². The molecule has 5 fully saturated rings. The quantitative estimate of drug-likeness (QED) is 0.727. The molecule has 0 N–H and O–H groups in total. The minimum atomic E-state index is -0.177. The van der Waals surface area contributed by atoms with Crippen molar-refractivity contribution in [2.45, 2.75) is 45.4 Å². The van der Waals surface area contributed by atoms with Crippen LogP contribution in [0.25, 0.3) is 0 Å². The molecular weight excluding hydrogens is 404 g/mol. The van der Waals surface area contributed by atoms with Crippen LogP contribution in [0, 0.1) is 30.1 Å². The van der Waals surface area contributed by atoms with Crippen molar-refractivity contribution in [1.29, 1.82) is 0 Å². The number of carbonyl (C=O) groups excluding carboxylic acids is 3. The van der Waals surface area contributed by atoms with Crippen molar-refractivity contribution in [1.82, 2.24) is 19.7 Å². The van der Waals surface area contributed by atoms with E-state index < -0.39 is 0 Å². The van der Waals surface area contributed by atoms with Crippen LogP contribution in [0.4, 0.5) is 0 Å². The Bertz CT molecular complexity index is 913. The van der Waals surface area contributed by atoms with Gasteiger partial charge < -0.3 is 14.7 Å². The fraction of sp³-hybridized carbons (Fsp3) is 0.680. The molecule has 4 saturated carbocycles. The number of amides is 3. The zero-order valence-corrected chi connectivity index (χ0v) is 19.5. The van der Waals surface area contributed by atoms with E-state index in [0.717, 1.165) is 37.0 Å². The first-order valence-electron chi connectivity index (χ1n) is 12.0. The standard InChI is InChI=1S/C25H34N4O3/c1-16-20(4-5-21(26-16)23(31)27(2)3)22(30)28-6-8-29(9-7-28)24(32)25-13-17-10-18(14-25)12-19(11-17)15-25/h4-5,17-19H,6-15H2,1-3H3. The maximum absolute atomic E-state index is 13.6. The summed E-state index contributed by atoms with van der Waals surface area (Å²) in [4.78, 5) is 48.5. The maximum Gasteiger partial charge on any atom is 0.271 e. The molecule has 0 atom stereocenters. The van der Waals surface area contributed by atoms with Gasteiger partial charge in [0, 0.05) is 40.3 Å². The number of nitrogens with zero attached hydrogens (tertiary/aromatic N) is 4. The van der Waals surface area contributed by atoms with Crippen molar-refractivity contribution in [2.75, 3.05) is 40.3 Å². The lowest BCUT2D eigenvalue weighted by Crippen LogP contribution is -2.58. The van der Waals surface area contributed by atoms with Crippen LogP contribution in [-0.2, 0) is 4.79 Å². The van der Waals surface area contributed by atoms with Gasteiger partial charge in [-0.3, -0.25) is 14.4 Å². The topological polar surface area (TPSA) is 73.8 Å². The highest BCUT2D eigenvalue weighted by atomic mass is 16.2. The van der Waals surface area contributed by atoms with Gasteiger partial charge in [-0.2, -0.15) is 0 Å². The highest BCUT2D eigenvalue weighted by Gasteiger charge is 2.55. The van der Waals surface area contributed by atoms with Crippen LogP contribution in [0.1, 0.15) is 65.1 Å². The van der Waals surface area contributed by atoms with Crippen LogP contribution in [0.2, 0.25) is 0 Å². The summed E-state index contributed by atoms with van der Waals surface area (Å²) in [6.45, 7) is 4.09. The van der Waals surface area contributed by atoms with Crippen LogP contribution in [0.5, 0.6) is 0 Å². The fourth-order valence-corrected chi connectivity index (χ4v) is 7.13. The van der Waals surface area contributed by atoms with E-state index in [4.69, 9.17) is 0 Å². The highest BCUT2D eigenvalue weighted by Crippen LogP contribution is 2.60. The van der Waals surface area contributed by atoms with Gasteiger partial charge in [-0.05, 0) is 75.3 Å². The van der Waals surface area contributed by atoms with Crippen molar-refractivity contribution in [3.8, 4) is 0 Å². The Morgan fingerprint density at radius 1 is 0.906 bits per heavy atom. The van der Waals surface area contributed by atoms with Gasteiger partial charge in [0.05, 0.1) is 16.7 Å². The molecule has 4 bridgehead atoms. The molecule has 172 valence electrons. The first kappa shape index (κ1) is 21.4. The summed E-state index contributed by atoms with van der Waals surface area (Å²) in [5.74, 6) is 2.38. The first-order valence-corrected chi connectivity index (χ1v) is 12.0. The lowest BCUT2D eigenvalue weighted by atomic mass is 9.49. The zero-order valence-electron chi connectivity index (χ0n) is 19.5. The average Bonchev–Trinajstić information content (AvgIpc) is 2.76. The molecule has 0 aromatic carbocycles. The maximum atomic E-state index is 13.6. The Labute approximate surface area is 190 Å². The molecule has 7 heteroatoms. The molecule has 0 radical (unpaired) electrons. The Kier molecular flexibility index (Phi) is 5.25. The molecular formula is C25H34N4O3. The molecule has 0 unspecified atom stereocenters. The molecule has 1 aromatic heterocycles. The van der Waals surface area contributed by atoms with E-state index in [1.165, 1.54) is 24.2 Å². The van der Waals surface area contributed by atoms with E-state index in [0.29, 0.717) is 49.0 Å². The monoisotopic (exact) mass is 438 g/mol. The number of rotatable bonds is 3. The fourth-order valence-electron chi connectivity index (χ4n) is 7.13. The number of carbonyl (C=O) groups is 3. The van der Waals surface area contributed by atoms with Gasteiger partial charge in [0.2, 0.25) is 5.91 Å². The molecule has 6 rings (SSSR count). The smallest absolute Gasteiger partial charge is 0.271 e. The van der Waals surface area contributed by atoms with Crippen LogP contribution < -0.4 is 0 Å². The van der Waals surface area contributed by atoms with E-state index in [1.54, 1.807) is 33.2 Å². The van der Waals surface area contributed by atoms with Gasteiger partial charge in [-0.15, -0.1) is 0 Å². The number of hydrogen-bond acceptors (Lipinski definition) is 4. The predicted octanol–water partition coefficient (Wildman–Crippen LogP) is 2.59. The molecule has 7 nitrogen and oxygen atoms in total. The van der Waals surface area contributed by atoms with Crippen molar-refractivity contribution >= 4 is 17.7 Å². The van der Waals surface area contributed by atoms with Gasteiger partial charge in [0.15, 0.2) is 0 Å². The largest absolute Gasteiger partial charge is 0.343 e. The van der Waals surface area contributed by atoms with Crippen LogP contribution in [0.3, 0.4) is 0 Å². The number of aromatic nitrogens is 1. The summed E-state index contributed by atoms with van der Waals surface area (Å²) >= 11 is 0. The molecule has 32 heavy (non-hydrogen) atoms. The summed E-state index contributed by atoms with van der Waals surface area (Å²) in [5.41, 5.74) is 1.32. The molecule has 5 aliphatic rings. The molecule has 3 amide bonds. The second kappa shape index (κ2) is 7.85. The minimum absolute atomic E-state index is 0.0687. The minimum Gasteiger partial charge on any atom is -0.343 e. The lowest BCUT2D eigenvalue weighted by molar-refractivity contribution is -0.159. The number of aryl methyl sites for hydroxylation is 1. The van der Waals surface area contributed by atoms with E-state index in [-0.39, 0.29) is 17.2 Å². The van der Waals surface area contributed by atoms with Gasteiger partial charge in [-0.25, -0.2) is 4.98 Å². The zero-order chi connectivity index (χ0) is 22.6. The average molecular weight is 439 g/mol. The van der Waals surface area contributed by atoms with Gasteiger partial charge in [0.1, 0.15) is 5.69 Å². The third kappa shape index (κ3) is 3.59. The van der Waals surface area contributed by atoms with Crippen LogP contribution in [0.15, 0.2) is 12.1 Å². The second-order valence-electron chi connectivity index (χ2n) is 10.8.